The van der Waals surface area contributed by atoms with Crippen LogP contribution in [0.2, 0.25) is 0 Å². The minimum Gasteiger partial charge on any atom is -0.354 e. The number of pyridine rings is 1. The predicted molar refractivity (Wildman–Crippen MR) is 81.9 cm³/mol. The Morgan fingerprint density at radius 3 is 2.86 bits per heavy atom. The minimum atomic E-state index is -0.214. The third-order valence-corrected chi connectivity index (χ3v) is 4.07. The summed E-state index contributed by atoms with van der Waals surface area (Å²) in [6.07, 6.45) is 5.88. The number of carbonyl (C=O) groups excluding carboxylic acids is 1. The number of nitrogens with one attached hydrogen (secondary N) is 2. The summed E-state index contributed by atoms with van der Waals surface area (Å²) in [6.45, 7) is 0. The monoisotopic (exact) mass is 298 g/mol. The van der Waals surface area contributed by atoms with Gasteiger partial charge < -0.3 is 5.32 Å². The van der Waals surface area contributed by atoms with Crippen molar-refractivity contribution in [3.8, 4) is 0 Å². The van der Waals surface area contributed by atoms with Gasteiger partial charge in [0.1, 0.15) is 5.69 Å². The molecular formula is C16H18N4O2. The first-order valence-electron chi connectivity index (χ1n) is 7.46. The zero-order valence-corrected chi connectivity index (χ0v) is 12.5. The van der Waals surface area contributed by atoms with Crippen molar-refractivity contribution in [1.29, 1.82) is 0 Å². The van der Waals surface area contributed by atoms with Crippen LogP contribution in [0.4, 0.5) is 0 Å². The number of nitrogens with zero attached hydrogens (tertiary/aromatic N) is 2. The average molecular weight is 298 g/mol. The van der Waals surface area contributed by atoms with Gasteiger partial charge in [-0.3, -0.25) is 14.6 Å². The van der Waals surface area contributed by atoms with E-state index in [1.165, 1.54) is 0 Å². The second-order valence-electron chi connectivity index (χ2n) is 5.43. The lowest BCUT2D eigenvalue weighted by atomic mass is 9.90. The first-order valence-corrected chi connectivity index (χ1v) is 7.46. The summed E-state index contributed by atoms with van der Waals surface area (Å²) >= 11 is 0. The van der Waals surface area contributed by atoms with E-state index in [0.29, 0.717) is 12.1 Å². The van der Waals surface area contributed by atoms with Gasteiger partial charge in [0, 0.05) is 25.2 Å². The zero-order chi connectivity index (χ0) is 15.5. The van der Waals surface area contributed by atoms with E-state index in [9.17, 15) is 9.59 Å². The maximum atomic E-state index is 11.9. The molecule has 1 amide bonds. The van der Waals surface area contributed by atoms with Gasteiger partial charge in [0.05, 0.1) is 5.69 Å². The molecule has 0 aliphatic heterocycles. The van der Waals surface area contributed by atoms with E-state index < -0.39 is 0 Å². The molecular weight excluding hydrogens is 280 g/mol. The molecule has 3 rings (SSSR count). The number of aromatic nitrogens is 3. The maximum Gasteiger partial charge on any atom is 0.269 e. The highest BCUT2D eigenvalue weighted by Gasteiger charge is 2.20. The lowest BCUT2D eigenvalue weighted by molar-refractivity contribution is 0.0957. The van der Waals surface area contributed by atoms with Gasteiger partial charge in [0.25, 0.3) is 11.5 Å². The number of aromatic amines is 1. The summed E-state index contributed by atoms with van der Waals surface area (Å²) in [7, 11) is 1.58. The topological polar surface area (TPSA) is 87.7 Å². The van der Waals surface area contributed by atoms with Gasteiger partial charge in [-0.2, -0.15) is 5.10 Å². The molecule has 2 aromatic rings. The Morgan fingerprint density at radius 1 is 1.32 bits per heavy atom. The van der Waals surface area contributed by atoms with Crippen LogP contribution in [0.1, 0.15) is 45.7 Å². The van der Waals surface area contributed by atoms with E-state index in [0.717, 1.165) is 48.1 Å². The molecule has 1 aliphatic carbocycles. The molecule has 0 fully saturated rings. The second kappa shape index (κ2) is 6.09. The molecule has 0 radical (unpaired) electrons. The molecule has 2 N–H and O–H groups in total. The second-order valence-corrected chi connectivity index (χ2v) is 5.43. The lowest BCUT2D eigenvalue weighted by Gasteiger charge is -2.17. The molecule has 6 nitrogen and oxygen atoms in total. The molecule has 114 valence electrons. The van der Waals surface area contributed by atoms with Crippen LogP contribution in [-0.4, -0.2) is 28.1 Å². The van der Waals surface area contributed by atoms with Crippen molar-refractivity contribution in [2.75, 3.05) is 7.05 Å². The Hall–Kier alpha value is -2.50. The van der Waals surface area contributed by atoms with Gasteiger partial charge in [0.2, 0.25) is 0 Å². The van der Waals surface area contributed by atoms with Gasteiger partial charge in [-0.15, -0.1) is 0 Å². The number of hydrogen-bond acceptors (Lipinski definition) is 4. The first kappa shape index (κ1) is 14.4. The number of amides is 1. The highest BCUT2D eigenvalue weighted by molar-refractivity contribution is 5.93. The number of hydrogen-bond donors (Lipinski definition) is 2. The van der Waals surface area contributed by atoms with E-state index in [4.69, 9.17) is 0 Å². The fraction of sp³-hybridized carbons (Fsp3) is 0.375. The normalized spacial score (nSPS) is 13.5. The first-order chi connectivity index (χ1) is 10.7. The Labute approximate surface area is 128 Å². The molecule has 2 heterocycles. The van der Waals surface area contributed by atoms with Crippen LogP contribution >= 0.6 is 0 Å². The van der Waals surface area contributed by atoms with E-state index in [-0.39, 0.29) is 11.5 Å². The Bertz CT molecular complexity index is 767. The maximum absolute atomic E-state index is 11.9. The van der Waals surface area contributed by atoms with Gasteiger partial charge >= 0.3 is 0 Å². The Morgan fingerprint density at radius 2 is 2.09 bits per heavy atom. The highest BCUT2D eigenvalue weighted by Crippen LogP contribution is 2.22. The third-order valence-electron chi connectivity index (χ3n) is 4.07. The fourth-order valence-electron chi connectivity index (χ4n) is 2.96. The van der Waals surface area contributed by atoms with Crippen LogP contribution in [0.15, 0.2) is 23.1 Å². The van der Waals surface area contributed by atoms with Crippen molar-refractivity contribution in [2.24, 2.45) is 0 Å². The van der Waals surface area contributed by atoms with Crippen molar-refractivity contribution in [1.82, 2.24) is 20.5 Å². The van der Waals surface area contributed by atoms with E-state index in [2.05, 4.69) is 20.5 Å². The Kier molecular flexibility index (Phi) is 4.00. The van der Waals surface area contributed by atoms with Gasteiger partial charge in [-0.25, -0.2) is 5.10 Å². The number of carbonyl (C=O) groups is 1. The standard InChI is InChI=1S/C16H18N4O2/c1-17-16(22)14-10(5-4-8-18-14)9-13-11-6-2-3-7-12(11)15(21)20-19-13/h4-5,8H,2-3,6-7,9H2,1H3,(H,17,22)(H,20,21). The lowest BCUT2D eigenvalue weighted by Crippen LogP contribution is -2.24. The van der Waals surface area contributed by atoms with E-state index in [1.54, 1.807) is 19.3 Å². The van der Waals surface area contributed by atoms with Crippen molar-refractivity contribution in [3.63, 3.8) is 0 Å². The predicted octanol–water partition coefficient (Wildman–Crippen LogP) is 0.994. The van der Waals surface area contributed by atoms with E-state index in [1.807, 2.05) is 6.07 Å². The number of rotatable bonds is 3. The fourth-order valence-corrected chi connectivity index (χ4v) is 2.96. The van der Waals surface area contributed by atoms with Crippen molar-refractivity contribution in [2.45, 2.75) is 32.1 Å². The molecule has 22 heavy (non-hydrogen) atoms. The molecule has 0 bridgehead atoms. The van der Waals surface area contributed by atoms with Gasteiger partial charge in [0.15, 0.2) is 0 Å². The molecule has 0 saturated carbocycles. The van der Waals surface area contributed by atoms with Crippen molar-refractivity contribution < 1.29 is 4.79 Å². The molecule has 1 aliphatic rings. The zero-order valence-electron chi connectivity index (χ0n) is 12.5. The molecule has 0 saturated heterocycles. The summed E-state index contributed by atoms with van der Waals surface area (Å²) in [5.74, 6) is -0.214. The van der Waals surface area contributed by atoms with Gasteiger partial charge in [-0.1, -0.05) is 6.07 Å². The highest BCUT2D eigenvalue weighted by atomic mass is 16.1. The summed E-state index contributed by atoms with van der Waals surface area (Å²) in [5.41, 5.74) is 3.86. The van der Waals surface area contributed by atoms with E-state index >= 15 is 0 Å². The SMILES string of the molecule is CNC(=O)c1ncccc1Cc1n[nH]c(=O)c2c1CCCC2. The third kappa shape index (κ3) is 2.64. The summed E-state index contributed by atoms with van der Waals surface area (Å²) in [5, 5.41) is 9.40. The number of fused-ring (bicyclic) bond motifs is 1. The van der Waals surface area contributed by atoms with Crippen LogP contribution in [0, 0.1) is 0 Å². The van der Waals surface area contributed by atoms with Crippen LogP contribution in [0.3, 0.4) is 0 Å². The number of H-pyrrole nitrogens is 1. The summed E-state index contributed by atoms with van der Waals surface area (Å²) < 4.78 is 0. The average Bonchev–Trinajstić information content (AvgIpc) is 2.57. The van der Waals surface area contributed by atoms with Crippen molar-refractivity contribution in [3.05, 3.63) is 56.8 Å². The Balaban J connectivity index is 2.01. The summed E-state index contributed by atoms with van der Waals surface area (Å²) in [6, 6.07) is 3.68. The van der Waals surface area contributed by atoms with Crippen LogP contribution in [0.5, 0.6) is 0 Å². The molecule has 6 heteroatoms. The molecule has 0 aromatic carbocycles. The van der Waals surface area contributed by atoms with Crippen LogP contribution in [-0.2, 0) is 19.3 Å². The quantitative estimate of drug-likeness (QED) is 0.884. The van der Waals surface area contributed by atoms with Crippen molar-refractivity contribution >= 4 is 5.91 Å². The van der Waals surface area contributed by atoms with Crippen LogP contribution < -0.4 is 10.9 Å². The van der Waals surface area contributed by atoms with Gasteiger partial charge in [-0.05, 0) is 42.9 Å². The minimum absolute atomic E-state index is 0.0869. The molecule has 2 aromatic heterocycles. The summed E-state index contributed by atoms with van der Waals surface area (Å²) in [4.78, 5) is 28.0. The molecule has 0 unspecified atom stereocenters. The molecule has 0 spiro atoms. The largest absolute Gasteiger partial charge is 0.354 e. The smallest absolute Gasteiger partial charge is 0.269 e. The van der Waals surface area contributed by atoms with Crippen LogP contribution in [0.25, 0.3) is 0 Å². The molecule has 0 atom stereocenters.